The van der Waals surface area contributed by atoms with E-state index in [1.54, 1.807) is 5.38 Å². The highest BCUT2D eigenvalue weighted by molar-refractivity contribution is 7.13. The Morgan fingerprint density at radius 2 is 2.00 bits per heavy atom. The number of pyridine rings is 1. The summed E-state index contributed by atoms with van der Waals surface area (Å²) in [4.78, 5) is 23.9. The maximum Gasteiger partial charge on any atom is 0.275 e. The van der Waals surface area contributed by atoms with Gasteiger partial charge in [0, 0.05) is 35.9 Å². The number of anilines is 2. The fraction of sp³-hybridized carbons (Fsp3) is 0.286. The van der Waals surface area contributed by atoms with Crippen molar-refractivity contribution in [3.8, 4) is 10.6 Å². The van der Waals surface area contributed by atoms with Crippen molar-refractivity contribution >= 4 is 28.7 Å². The Morgan fingerprint density at radius 3 is 2.75 bits per heavy atom. The van der Waals surface area contributed by atoms with E-state index in [-0.39, 0.29) is 5.91 Å². The minimum absolute atomic E-state index is 0.200. The van der Waals surface area contributed by atoms with Gasteiger partial charge in [-0.2, -0.15) is 0 Å². The van der Waals surface area contributed by atoms with E-state index in [9.17, 15) is 4.79 Å². The van der Waals surface area contributed by atoms with E-state index in [0.717, 1.165) is 59.5 Å². The van der Waals surface area contributed by atoms with Gasteiger partial charge in [-0.1, -0.05) is 12.1 Å². The summed E-state index contributed by atoms with van der Waals surface area (Å²) < 4.78 is 5.38. The maximum atomic E-state index is 12.6. The summed E-state index contributed by atoms with van der Waals surface area (Å²) in [5.74, 6) is 0.741. The molecule has 1 aliphatic rings. The average Bonchev–Trinajstić information content (AvgIpc) is 3.23. The highest BCUT2D eigenvalue weighted by atomic mass is 32.1. The molecular weight excluding hydrogens is 372 g/mol. The molecule has 0 bridgehead atoms. The summed E-state index contributed by atoms with van der Waals surface area (Å²) in [5, 5.41) is 5.52. The van der Waals surface area contributed by atoms with Crippen molar-refractivity contribution in [2.75, 3.05) is 36.5 Å². The van der Waals surface area contributed by atoms with Crippen LogP contribution < -0.4 is 10.2 Å². The van der Waals surface area contributed by atoms with Gasteiger partial charge in [0.05, 0.1) is 13.2 Å². The number of hydrogen-bond donors (Lipinski definition) is 1. The molecule has 4 rings (SSSR count). The summed E-state index contributed by atoms with van der Waals surface area (Å²) >= 11 is 1.44. The van der Waals surface area contributed by atoms with E-state index >= 15 is 0 Å². The lowest BCUT2D eigenvalue weighted by atomic mass is 10.1. The van der Waals surface area contributed by atoms with Crippen molar-refractivity contribution in [3.05, 3.63) is 58.7 Å². The number of aromatic nitrogens is 2. The summed E-state index contributed by atoms with van der Waals surface area (Å²) in [6.45, 7) is 7.20. The third-order valence-electron chi connectivity index (χ3n) is 4.92. The molecule has 1 N–H and O–H groups in total. The number of morpholine rings is 1. The van der Waals surface area contributed by atoms with Crippen molar-refractivity contribution in [2.24, 2.45) is 0 Å². The van der Waals surface area contributed by atoms with E-state index < -0.39 is 0 Å². The largest absolute Gasteiger partial charge is 0.378 e. The highest BCUT2D eigenvalue weighted by Crippen LogP contribution is 2.26. The number of benzene rings is 1. The molecule has 3 heterocycles. The fourth-order valence-corrected chi connectivity index (χ4v) is 3.87. The molecule has 0 atom stereocenters. The monoisotopic (exact) mass is 394 g/mol. The minimum atomic E-state index is -0.200. The predicted octanol–water partition coefficient (Wildman–Crippen LogP) is 3.91. The van der Waals surface area contributed by atoms with E-state index in [4.69, 9.17) is 4.74 Å². The lowest BCUT2D eigenvalue weighted by Crippen LogP contribution is -2.36. The van der Waals surface area contributed by atoms with Gasteiger partial charge in [0.2, 0.25) is 0 Å². The van der Waals surface area contributed by atoms with E-state index in [1.807, 2.05) is 50.4 Å². The molecule has 0 spiro atoms. The normalized spacial score (nSPS) is 14.1. The van der Waals surface area contributed by atoms with Crippen LogP contribution in [0.2, 0.25) is 0 Å². The van der Waals surface area contributed by atoms with Crippen LogP contribution in [0.1, 0.15) is 21.6 Å². The lowest BCUT2D eigenvalue weighted by Gasteiger charge is -2.27. The number of ether oxygens (including phenoxy) is 1. The summed E-state index contributed by atoms with van der Waals surface area (Å²) in [6.07, 6.45) is 1.82. The van der Waals surface area contributed by atoms with Gasteiger partial charge in [-0.3, -0.25) is 4.79 Å². The summed E-state index contributed by atoms with van der Waals surface area (Å²) in [5.41, 5.74) is 4.35. The first-order valence-electron chi connectivity index (χ1n) is 9.24. The van der Waals surface area contributed by atoms with Crippen molar-refractivity contribution in [1.82, 2.24) is 9.97 Å². The molecular formula is C21H22N4O2S. The zero-order valence-corrected chi connectivity index (χ0v) is 16.8. The number of carbonyl (C=O) groups excluding carboxylic acids is 1. The number of aryl methyl sites for hydroxylation is 1. The van der Waals surface area contributed by atoms with E-state index in [1.165, 1.54) is 11.3 Å². The fourth-order valence-electron chi connectivity index (χ4n) is 3.08. The molecule has 28 heavy (non-hydrogen) atoms. The molecule has 0 saturated carbocycles. The van der Waals surface area contributed by atoms with Gasteiger partial charge in [0.25, 0.3) is 5.91 Å². The summed E-state index contributed by atoms with van der Waals surface area (Å²) in [6, 6.07) is 9.87. The van der Waals surface area contributed by atoms with E-state index in [0.29, 0.717) is 5.69 Å². The van der Waals surface area contributed by atoms with Crippen LogP contribution in [0, 0.1) is 13.8 Å². The SMILES string of the molecule is Cc1cccc(NC(=O)c2csc(-c3ccc(N4CCOCC4)nc3)n2)c1C. The molecule has 7 heteroatoms. The third-order valence-corrected chi connectivity index (χ3v) is 5.81. The first-order valence-corrected chi connectivity index (χ1v) is 10.1. The van der Waals surface area contributed by atoms with Crippen molar-refractivity contribution in [2.45, 2.75) is 13.8 Å². The van der Waals surface area contributed by atoms with Crippen LogP contribution in [0.25, 0.3) is 10.6 Å². The van der Waals surface area contributed by atoms with Crippen LogP contribution in [0.15, 0.2) is 41.9 Å². The molecule has 1 aromatic carbocycles. The van der Waals surface area contributed by atoms with Gasteiger partial charge < -0.3 is 15.0 Å². The molecule has 144 valence electrons. The second-order valence-corrected chi connectivity index (χ2v) is 7.60. The van der Waals surface area contributed by atoms with Gasteiger partial charge in [-0.05, 0) is 43.2 Å². The lowest BCUT2D eigenvalue weighted by molar-refractivity contribution is 0.102. The van der Waals surface area contributed by atoms with Crippen LogP contribution in [0.3, 0.4) is 0 Å². The number of carbonyl (C=O) groups is 1. The number of thiazole rings is 1. The Hall–Kier alpha value is -2.77. The highest BCUT2D eigenvalue weighted by Gasteiger charge is 2.15. The second-order valence-electron chi connectivity index (χ2n) is 6.74. The van der Waals surface area contributed by atoms with Crippen LogP contribution in [0.4, 0.5) is 11.5 Å². The molecule has 2 aromatic heterocycles. The molecule has 0 radical (unpaired) electrons. The quantitative estimate of drug-likeness (QED) is 0.727. The van der Waals surface area contributed by atoms with Crippen molar-refractivity contribution in [1.29, 1.82) is 0 Å². The first kappa shape index (κ1) is 18.6. The molecule has 1 saturated heterocycles. The van der Waals surface area contributed by atoms with Gasteiger partial charge in [0.15, 0.2) is 0 Å². The molecule has 3 aromatic rings. The Morgan fingerprint density at radius 1 is 1.18 bits per heavy atom. The average molecular weight is 395 g/mol. The first-order chi connectivity index (χ1) is 13.6. The Balaban J connectivity index is 1.47. The predicted molar refractivity (Wildman–Crippen MR) is 112 cm³/mol. The van der Waals surface area contributed by atoms with Crippen molar-refractivity contribution < 1.29 is 9.53 Å². The Kier molecular flexibility index (Phi) is 5.36. The van der Waals surface area contributed by atoms with Gasteiger partial charge in [-0.15, -0.1) is 11.3 Å². The molecule has 1 aliphatic heterocycles. The standard InChI is InChI=1S/C21H22N4O2S/c1-14-4-3-5-17(15(14)2)23-20(26)18-13-28-21(24-18)16-6-7-19(22-12-16)25-8-10-27-11-9-25/h3-7,12-13H,8-11H2,1-2H3,(H,23,26). The molecule has 1 fully saturated rings. The number of rotatable bonds is 4. The summed E-state index contributed by atoms with van der Waals surface area (Å²) in [7, 11) is 0. The zero-order valence-electron chi connectivity index (χ0n) is 15.9. The number of hydrogen-bond acceptors (Lipinski definition) is 6. The second kappa shape index (κ2) is 8.08. The Labute approximate surface area is 168 Å². The smallest absolute Gasteiger partial charge is 0.275 e. The van der Waals surface area contributed by atoms with Crippen LogP contribution in [-0.4, -0.2) is 42.2 Å². The van der Waals surface area contributed by atoms with Crippen molar-refractivity contribution in [3.63, 3.8) is 0 Å². The van der Waals surface area contributed by atoms with Gasteiger partial charge in [-0.25, -0.2) is 9.97 Å². The van der Waals surface area contributed by atoms with Crippen LogP contribution in [0.5, 0.6) is 0 Å². The molecule has 0 unspecified atom stereocenters. The maximum absolute atomic E-state index is 12.6. The van der Waals surface area contributed by atoms with E-state index in [2.05, 4.69) is 20.2 Å². The number of nitrogens with one attached hydrogen (secondary N) is 1. The topological polar surface area (TPSA) is 67.4 Å². The molecule has 6 nitrogen and oxygen atoms in total. The third kappa shape index (κ3) is 3.90. The zero-order chi connectivity index (χ0) is 19.5. The Bertz CT molecular complexity index is 978. The molecule has 1 amide bonds. The van der Waals surface area contributed by atoms with Gasteiger partial charge in [0.1, 0.15) is 16.5 Å². The number of nitrogens with zero attached hydrogens (tertiary/aromatic N) is 3. The minimum Gasteiger partial charge on any atom is -0.378 e. The van der Waals surface area contributed by atoms with Crippen LogP contribution in [-0.2, 0) is 4.74 Å². The molecule has 0 aliphatic carbocycles. The van der Waals surface area contributed by atoms with Gasteiger partial charge >= 0.3 is 0 Å². The number of amides is 1. The van der Waals surface area contributed by atoms with Crippen LogP contribution >= 0.6 is 11.3 Å².